The van der Waals surface area contributed by atoms with Crippen molar-refractivity contribution in [2.24, 2.45) is 4.99 Å². The van der Waals surface area contributed by atoms with Gasteiger partial charge in [0.1, 0.15) is 11.3 Å². The first-order valence-electron chi connectivity index (χ1n) is 13.1. The van der Waals surface area contributed by atoms with Gasteiger partial charge in [-0.3, -0.25) is 19.5 Å². The van der Waals surface area contributed by atoms with Crippen molar-refractivity contribution in [2.45, 2.75) is 19.4 Å². The van der Waals surface area contributed by atoms with Gasteiger partial charge in [-0.2, -0.15) is 0 Å². The summed E-state index contributed by atoms with van der Waals surface area (Å²) in [4.78, 5) is 36.7. The van der Waals surface area contributed by atoms with Crippen molar-refractivity contribution < 1.29 is 19.4 Å². The molecule has 12 nitrogen and oxygen atoms in total. The topological polar surface area (TPSA) is 137 Å². The van der Waals surface area contributed by atoms with Gasteiger partial charge in [0.15, 0.2) is 17.4 Å². The van der Waals surface area contributed by atoms with Crippen LogP contribution in [0, 0.1) is 0 Å². The Morgan fingerprint density at radius 3 is 2.74 bits per heavy atom. The molecule has 1 amide bonds. The number of fused-ring (bicyclic) bond motifs is 1. The summed E-state index contributed by atoms with van der Waals surface area (Å²) in [5, 5.41) is 21.2. The van der Waals surface area contributed by atoms with Gasteiger partial charge in [0.05, 0.1) is 31.7 Å². The van der Waals surface area contributed by atoms with Gasteiger partial charge in [-0.05, 0) is 37.9 Å². The number of para-hydroxylation sites is 1. The molecule has 0 bridgehead atoms. The van der Waals surface area contributed by atoms with Crippen molar-refractivity contribution in [1.29, 1.82) is 0 Å². The third-order valence-corrected chi connectivity index (χ3v) is 6.11. The molecule has 3 N–H and O–H groups in total. The molecule has 39 heavy (non-hydrogen) atoms. The van der Waals surface area contributed by atoms with Crippen molar-refractivity contribution >= 4 is 29.2 Å². The molecule has 0 atom stereocenters. The number of hydrogen-bond acceptors (Lipinski definition) is 10. The number of rotatable bonds is 13. The molecule has 3 aromatic rings. The number of aromatic nitrogens is 3. The van der Waals surface area contributed by atoms with E-state index >= 15 is 0 Å². The number of phenolic OH excluding ortho intramolecular Hbond substituents is 1. The monoisotopic (exact) mass is 536 g/mol. The molecule has 12 heteroatoms. The summed E-state index contributed by atoms with van der Waals surface area (Å²) in [6, 6.07) is 9.09. The van der Waals surface area contributed by atoms with E-state index < -0.39 is 0 Å². The van der Waals surface area contributed by atoms with Crippen molar-refractivity contribution in [1.82, 2.24) is 30.1 Å². The Labute approximate surface area is 227 Å². The highest BCUT2D eigenvalue weighted by molar-refractivity contribution is 6.27. The number of amides is 1. The van der Waals surface area contributed by atoms with Crippen LogP contribution in [0.1, 0.15) is 18.4 Å². The van der Waals surface area contributed by atoms with E-state index in [-0.39, 0.29) is 30.3 Å². The minimum absolute atomic E-state index is 0.127. The SMILES string of the molecule is CN(C)C/N=C/C(=O)CCC(=O)NCCNCc1cc2c(N3CCOCC3)nc(-c3ccccc3O)nn2c1. The molecule has 0 spiro atoms. The average Bonchev–Trinajstić information content (AvgIpc) is 3.34. The highest BCUT2D eigenvalue weighted by Crippen LogP contribution is 2.30. The lowest BCUT2D eigenvalue weighted by molar-refractivity contribution is -0.123. The van der Waals surface area contributed by atoms with Crippen LogP contribution in [-0.4, -0.2) is 103 Å². The van der Waals surface area contributed by atoms with Gasteiger partial charge in [0.2, 0.25) is 5.91 Å². The van der Waals surface area contributed by atoms with Gasteiger partial charge >= 0.3 is 0 Å². The minimum atomic E-state index is -0.164. The van der Waals surface area contributed by atoms with Gasteiger partial charge in [-0.1, -0.05) is 12.1 Å². The molecule has 0 saturated carbocycles. The second kappa shape index (κ2) is 13.8. The predicted octanol–water partition coefficient (Wildman–Crippen LogP) is 1.08. The van der Waals surface area contributed by atoms with Crippen LogP contribution in [-0.2, 0) is 20.9 Å². The highest BCUT2D eigenvalue weighted by Gasteiger charge is 2.20. The quantitative estimate of drug-likeness (QED) is 0.217. The number of nitrogens with zero attached hydrogens (tertiary/aromatic N) is 6. The van der Waals surface area contributed by atoms with Crippen LogP contribution in [0.4, 0.5) is 5.82 Å². The molecule has 0 unspecified atom stereocenters. The number of anilines is 1. The molecule has 1 fully saturated rings. The Morgan fingerprint density at radius 1 is 1.18 bits per heavy atom. The minimum Gasteiger partial charge on any atom is -0.507 e. The first-order chi connectivity index (χ1) is 18.9. The van der Waals surface area contributed by atoms with Crippen LogP contribution < -0.4 is 15.5 Å². The summed E-state index contributed by atoms with van der Waals surface area (Å²) < 4.78 is 7.32. The first-order valence-corrected chi connectivity index (χ1v) is 13.1. The summed E-state index contributed by atoms with van der Waals surface area (Å²) in [6.07, 6.45) is 3.51. The molecule has 1 aromatic carbocycles. The molecule has 1 aliphatic rings. The number of ketones is 1. The van der Waals surface area contributed by atoms with Crippen LogP contribution in [0.15, 0.2) is 41.5 Å². The number of benzene rings is 1. The van der Waals surface area contributed by atoms with Crippen molar-refractivity contribution in [3.8, 4) is 17.1 Å². The van der Waals surface area contributed by atoms with Crippen molar-refractivity contribution in [2.75, 3.05) is 65.1 Å². The third-order valence-electron chi connectivity index (χ3n) is 6.11. The first kappa shape index (κ1) is 28.1. The lowest BCUT2D eigenvalue weighted by Crippen LogP contribution is -2.37. The number of carbonyl (C=O) groups is 2. The van der Waals surface area contributed by atoms with E-state index in [4.69, 9.17) is 9.72 Å². The maximum atomic E-state index is 12.0. The molecule has 0 aliphatic carbocycles. The fourth-order valence-electron chi connectivity index (χ4n) is 4.14. The van der Waals surface area contributed by atoms with Crippen molar-refractivity contribution in [3.63, 3.8) is 0 Å². The number of ether oxygens (including phenoxy) is 1. The largest absolute Gasteiger partial charge is 0.507 e. The Bertz CT molecular complexity index is 1300. The third kappa shape index (κ3) is 8.06. The van der Waals surface area contributed by atoms with E-state index in [1.807, 2.05) is 31.3 Å². The molecular weight excluding hydrogens is 500 g/mol. The number of phenols is 1. The van der Waals surface area contributed by atoms with Gasteiger partial charge in [0.25, 0.3) is 0 Å². The Balaban J connectivity index is 1.33. The van der Waals surface area contributed by atoms with Crippen LogP contribution >= 0.6 is 0 Å². The number of aromatic hydroxyl groups is 1. The summed E-state index contributed by atoms with van der Waals surface area (Å²) in [5.74, 6) is 1.05. The van der Waals surface area contributed by atoms with Gasteiger partial charge in [-0.25, -0.2) is 9.50 Å². The molecule has 208 valence electrons. The zero-order valence-corrected chi connectivity index (χ0v) is 22.5. The molecular formula is C27H36N8O4. The van der Waals surface area contributed by atoms with Gasteiger partial charge in [0, 0.05) is 51.8 Å². The second-order valence-corrected chi connectivity index (χ2v) is 9.58. The standard InChI is InChI=1S/C27H36N8O4/c1-33(2)19-29-17-21(36)7-8-25(38)30-10-9-28-16-20-15-23-27(34-11-13-39-14-12-34)31-26(32-35(23)18-20)22-5-3-4-6-24(22)37/h3-6,15,17-18,28,37H,7-14,16,19H2,1-2H3,(H,30,38)/b29-17+. The Kier molecular flexibility index (Phi) is 9.95. The second-order valence-electron chi connectivity index (χ2n) is 9.58. The summed E-state index contributed by atoms with van der Waals surface area (Å²) in [6.45, 7) is 4.74. The van der Waals surface area contributed by atoms with Crippen molar-refractivity contribution in [3.05, 3.63) is 42.1 Å². The van der Waals surface area contributed by atoms with Gasteiger partial charge < -0.3 is 25.4 Å². The van der Waals surface area contributed by atoms with E-state index in [0.29, 0.717) is 50.9 Å². The Morgan fingerprint density at radius 2 is 1.97 bits per heavy atom. The number of hydrogen-bond donors (Lipinski definition) is 3. The molecule has 4 rings (SSSR count). The highest BCUT2D eigenvalue weighted by atomic mass is 16.5. The summed E-state index contributed by atoms with van der Waals surface area (Å²) in [5.41, 5.74) is 2.46. The lowest BCUT2D eigenvalue weighted by atomic mass is 10.2. The molecule has 2 aromatic heterocycles. The molecule has 3 heterocycles. The average molecular weight is 537 g/mol. The van der Waals surface area contributed by atoms with E-state index in [1.165, 1.54) is 6.21 Å². The lowest BCUT2D eigenvalue weighted by Gasteiger charge is -2.28. The number of carbonyl (C=O) groups excluding carboxylic acids is 2. The van der Waals surface area contributed by atoms with E-state index in [1.54, 1.807) is 22.7 Å². The van der Waals surface area contributed by atoms with Gasteiger partial charge in [-0.15, -0.1) is 5.10 Å². The van der Waals surface area contributed by atoms with E-state index in [0.717, 1.165) is 30.0 Å². The maximum Gasteiger partial charge on any atom is 0.220 e. The van der Waals surface area contributed by atoms with Crippen LogP contribution in [0.3, 0.4) is 0 Å². The number of morpholine rings is 1. The molecule has 1 saturated heterocycles. The summed E-state index contributed by atoms with van der Waals surface area (Å²) in [7, 11) is 3.74. The zero-order chi connectivity index (χ0) is 27.6. The predicted molar refractivity (Wildman–Crippen MR) is 149 cm³/mol. The zero-order valence-electron chi connectivity index (χ0n) is 22.5. The smallest absolute Gasteiger partial charge is 0.220 e. The fourth-order valence-corrected chi connectivity index (χ4v) is 4.14. The van der Waals surface area contributed by atoms with Crippen LogP contribution in [0.25, 0.3) is 16.9 Å². The van der Waals surface area contributed by atoms with Crippen LogP contribution in [0.5, 0.6) is 5.75 Å². The van der Waals surface area contributed by atoms with E-state index in [2.05, 4.69) is 31.7 Å². The number of aliphatic imine (C=N–C) groups is 1. The number of nitrogens with one attached hydrogen (secondary N) is 2. The molecule has 0 radical (unpaired) electrons. The summed E-state index contributed by atoms with van der Waals surface area (Å²) >= 11 is 0. The fraction of sp³-hybridized carbons (Fsp3) is 0.444. The maximum absolute atomic E-state index is 12.0. The number of Topliss-reactive ketones (excluding diaryl/α,β-unsaturated/α-hetero) is 1. The van der Waals surface area contributed by atoms with E-state index in [9.17, 15) is 14.7 Å². The Hall–Kier alpha value is -3.87. The normalized spacial score (nSPS) is 14.0. The van der Waals surface area contributed by atoms with Crippen LogP contribution in [0.2, 0.25) is 0 Å². The molecule has 1 aliphatic heterocycles.